The molecular formula is C19H29N2O3+. The summed E-state index contributed by atoms with van der Waals surface area (Å²) in [7, 11) is 3.36. The van der Waals surface area contributed by atoms with Gasteiger partial charge in [0.05, 0.1) is 32.9 Å². The Hall–Kier alpha value is -1.75. The number of nitrogens with one attached hydrogen (secondary N) is 1. The Labute approximate surface area is 144 Å². The molecule has 0 unspecified atom stereocenters. The van der Waals surface area contributed by atoms with Crippen molar-refractivity contribution in [1.29, 1.82) is 0 Å². The zero-order valence-corrected chi connectivity index (χ0v) is 14.8. The van der Waals surface area contributed by atoms with E-state index in [-0.39, 0.29) is 5.92 Å². The van der Waals surface area contributed by atoms with Crippen LogP contribution in [-0.4, -0.2) is 51.2 Å². The summed E-state index contributed by atoms with van der Waals surface area (Å²) in [6.45, 7) is 4.94. The predicted octanol–water partition coefficient (Wildman–Crippen LogP) is 1.12. The summed E-state index contributed by atoms with van der Waals surface area (Å²) in [6, 6.07) is 6.05. The van der Waals surface area contributed by atoms with E-state index in [1.165, 1.54) is 23.3 Å². The van der Waals surface area contributed by atoms with Gasteiger partial charge in [0.25, 0.3) is 0 Å². The number of benzene rings is 1. The summed E-state index contributed by atoms with van der Waals surface area (Å²) in [6.07, 6.45) is 4.34. The van der Waals surface area contributed by atoms with Crippen LogP contribution in [0, 0.1) is 5.92 Å². The van der Waals surface area contributed by atoms with Gasteiger partial charge in [0.1, 0.15) is 6.54 Å². The molecule has 132 valence electrons. The highest BCUT2D eigenvalue weighted by atomic mass is 16.5. The van der Waals surface area contributed by atoms with Crippen LogP contribution in [-0.2, 0) is 11.3 Å². The molecule has 2 aliphatic heterocycles. The third kappa shape index (κ3) is 3.66. The average Bonchev–Trinajstić information content (AvgIpc) is 3.16. The fraction of sp³-hybridized carbons (Fsp3) is 0.632. The zero-order valence-electron chi connectivity index (χ0n) is 14.8. The maximum atomic E-state index is 12.5. The molecular weight excluding hydrogens is 304 g/mol. The van der Waals surface area contributed by atoms with E-state index in [1.54, 1.807) is 14.2 Å². The maximum absolute atomic E-state index is 12.5. The van der Waals surface area contributed by atoms with Gasteiger partial charge < -0.3 is 19.3 Å². The number of hydrogen-bond donors (Lipinski definition) is 1. The Morgan fingerprint density at radius 3 is 2.50 bits per heavy atom. The van der Waals surface area contributed by atoms with Crippen LogP contribution in [0.5, 0.6) is 11.5 Å². The molecule has 0 atom stereocenters. The monoisotopic (exact) mass is 333 g/mol. The van der Waals surface area contributed by atoms with Gasteiger partial charge in [0.2, 0.25) is 5.91 Å². The second kappa shape index (κ2) is 7.88. The van der Waals surface area contributed by atoms with Gasteiger partial charge in [-0.2, -0.15) is 0 Å². The van der Waals surface area contributed by atoms with Crippen LogP contribution in [0.15, 0.2) is 18.2 Å². The third-order valence-electron chi connectivity index (χ3n) is 5.38. The molecule has 0 aliphatic carbocycles. The minimum absolute atomic E-state index is 0.235. The molecule has 1 aromatic carbocycles. The number of amides is 1. The summed E-state index contributed by atoms with van der Waals surface area (Å²) >= 11 is 0. The van der Waals surface area contributed by atoms with Crippen LogP contribution in [0.25, 0.3) is 0 Å². The lowest BCUT2D eigenvalue weighted by molar-refractivity contribution is -0.919. The van der Waals surface area contributed by atoms with Crippen LogP contribution in [0.3, 0.4) is 0 Å². The largest absolute Gasteiger partial charge is 0.493 e. The number of ether oxygens (including phenoxy) is 2. The molecule has 1 amide bonds. The minimum atomic E-state index is 0.235. The fourth-order valence-electron chi connectivity index (χ4n) is 4.01. The first kappa shape index (κ1) is 17.1. The highest BCUT2D eigenvalue weighted by Gasteiger charge is 2.31. The number of carbonyl (C=O) groups is 1. The fourth-order valence-corrected chi connectivity index (χ4v) is 4.01. The van der Waals surface area contributed by atoms with Crippen molar-refractivity contribution in [3.05, 3.63) is 23.8 Å². The van der Waals surface area contributed by atoms with Crippen LogP contribution >= 0.6 is 0 Å². The Balaban J connectivity index is 1.57. The molecule has 0 aromatic heterocycles. The summed E-state index contributed by atoms with van der Waals surface area (Å²) in [5.74, 6) is 2.25. The zero-order chi connectivity index (χ0) is 16.9. The summed E-state index contributed by atoms with van der Waals surface area (Å²) in [5.41, 5.74) is 1.18. The molecule has 3 rings (SSSR count). The van der Waals surface area contributed by atoms with Crippen molar-refractivity contribution in [2.24, 2.45) is 5.92 Å². The van der Waals surface area contributed by atoms with Gasteiger partial charge >= 0.3 is 0 Å². The summed E-state index contributed by atoms with van der Waals surface area (Å²) < 4.78 is 10.9. The molecule has 2 heterocycles. The standard InChI is InChI=1S/C19H28N2O3/c1-23-17-7-5-6-16(18(17)24-2)14-20-12-8-15(9-13-20)19(22)21-10-3-4-11-21/h5-7,15H,3-4,8-14H2,1-2H3/p+1. The Bertz CT molecular complexity index is 562. The van der Waals surface area contributed by atoms with Crippen molar-refractivity contribution in [2.75, 3.05) is 40.4 Å². The molecule has 2 fully saturated rings. The summed E-state index contributed by atoms with van der Waals surface area (Å²) in [5, 5.41) is 0. The van der Waals surface area contributed by atoms with Crippen molar-refractivity contribution >= 4 is 5.91 Å². The number of quaternary nitrogens is 1. The molecule has 0 bridgehead atoms. The second-order valence-corrected chi connectivity index (χ2v) is 6.89. The van der Waals surface area contributed by atoms with Gasteiger partial charge in [-0.15, -0.1) is 0 Å². The number of methoxy groups -OCH3 is 2. The number of likely N-dealkylation sites (tertiary alicyclic amines) is 2. The lowest BCUT2D eigenvalue weighted by Gasteiger charge is -2.31. The van der Waals surface area contributed by atoms with Crippen LogP contribution in [0.4, 0.5) is 0 Å². The number of carbonyl (C=O) groups excluding carboxylic acids is 1. The smallest absolute Gasteiger partial charge is 0.226 e. The van der Waals surface area contributed by atoms with Gasteiger partial charge in [-0.05, 0) is 25.0 Å². The Morgan fingerprint density at radius 2 is 1.88 bits per heavy atom. The predicted molar refractivity (Wildman–Crippen MR) is 92.5 cm³/mol. The average molecular weight is 333 g/mol. The molecule has 5 heteroatoms. The molecule has 0 radical (unpaired) electrons. The number of nitrogens with zero attached hydrogens (tertiary/aromatic N) is 1. The van der Waals surface area contributed by atoms with Crippen molar-refractivity contribution in [1.82, 2.24) is 4.90 Å². The lowest BCUT2D eigenvalue weighted by atomic mass is 9.95. The van der Waals surface area contributed by atoms with Gasteiger partial charge in [0, 0.05) is 31.8 Å². The molecule has 1 N–H and O–H groups in total. The normalized spacial score (nSPS) is 24.0. The number of para-hydroxylation sites is 1. The van der Waals surface area contributed by atoms with Crippen LogP contribution in [0.1, 0.15) is 31.2 Å². The Kier molecular flexibility index (Phi) is 5.61. The van der Waals surface area contributed by atoms with E-state index in [1.807, 2.05) is 12.1 Å². The van der Waals surface area contributed by atoms with Crippen molar-refractivity contribution in [2.45, 2.75) is 32.2 Å². The van der Waals surface area contributed by atoms with E-state index in [0.717, 1.165) is 57.1 Å². The van der Waals surface area contributed by atoms with E-state index in [9.17, 15) is 4.79 Å². The third-order valence-corrected chi connectivity index (χ3v) is 5.38. The first-order chi connectivity index (χ1) is 11.7. The highest BCUT2D eigenvalue weighted by Crippen LogP contribution is 2.30. The highest BCUT2D eigenvalue weighted by molar-refractivity contribution is 5.79. The second-order valence-electron chi connectivity index (χ2n) is 6.89. The Morgan fingerprint density at radius 1 is 1.17 bits per heavy atom. The quantitative estimate of drug-likeness (QED) is 0.878. The van der Waals surface area contributed by atoms with Gasteiger partial charge in [-0.1, -0.05) is 6.07 Å². The molecule has 1 aromatic rings. The van der Waals surface area contributed by atoms with Crippen LogP contribution in [0.2, 0.25) is 0 Å². The molecule has 0 spiro atoms. The first-order valence-electron chi connectivity index (χ1n) is 9.05. The van der Waals surface area contributed by atoms with E-state index in [4.69, 9.17) is 9.47 Å². The molecule has 2 aliphatic rings. The van der Waals surface area contributed by atoms with E-state index >= 15 is 0 Å². The van der Waals surface area contributed by atoms with Crippen molar-refractivity contribution in [3.8, 4) is 11.5 Å². The van der Waals surface area contributed by atoms with Crippen molar-refractivity contribution in [3.63, 3.8) is 0 Å². The number of rotatable bonds is 5. The molecule has 2 saturated heterocycles. The molecule has 5 nitrogen and oxygen atoms in total. The first-order valence-corrected chi connectivity index (χ1v) is 9.05. The topological polar surface area (TPSA) is 43.2 Å². The van der Waals surface area contributed by atoms with Gasteiger partial charge in [-0.25, -0.2) is 0 Å². The minimum Gasteiger partial charge on any atom is -0.493 e. The number of piperidine rings is 1. The molecule has 0 saturated carbocycles. The van der Waals surface area contributed by atoms with E-state index in [0.29, 0.717) is 5.91 Å². The maximum Gasteiger partial charge on any atom is 0.226 e. The van der Waals surface area contributed by atoms with Gasteiger partial charge in [-0.3, -0.25) is 4.79 Å². The lowest BCUT2D eigenvalue weighted by Crippen LogP contribution is -3.11. The van der Waals surface area contributed by atoms with E-state index in [2.05, 4.69) is 11.0 Å². The van der Waals surface area contributed by atoms with Crippen LogP contribution < -0.4 is 14.4 Å². The van der Waals surface area contributed by atoms with E-state index < -0.39 is 0 Å². The number of hydrogen-bond acceptors (Lipinski definition) is 3. The summed E-state index contributed by atoms with van der Waals surface area (Å²) in [4.78, 5) is 16.1. The molecule has 24 heavy (non-hydrogen) atoms. The van der Waals surface area contributed by atoms with Crippen molar-refractivity contribution < 1.29 is 19.2 Å². The van der Waals surface area contributed by atoms with Gasteiger partial charge in [0.15, 0.2) is 11.5 Å². The SMILES string of the molecule is COc1cccc(C[NH+]2CCC(C(=O)N3CCCC3)CC2)c1OC.